The first-order valence-electron chi connectivity index (χ1n) is 7.95. The number of carbonyl (C=O) groups is 1. The molecule has 7 heteroatoms. The lowest BCUT2D eigenvalue weighted by Gasteiger charge is -2.22. The van der Waals surface area contributed by atoms with Gasteiger partial charge in [0.2, 0.25) is 0 Å². The molecule has 0 aliphatic carbocycles. The van der Waals surface area contributed by atoms with Crippen LogP contribution in [0.25, 0.3) is 0 Å². The van der Waals surface area contributed by atoms with Crippen LogP contribution in [0.5, 0.6) is 0 Å². The van der Waals surface area contributed by atoms with Gasteiger partial charge < -0.3 is 10.6 Å². The summed E-state index contributed by atoms with van der Waals surface area (Å²) in [6.07, 6.45) is 4.12. The molecule has 0 bridgehead atoms. The molecular formula is C17H22Cl2N4O. The summed E-state index contributed by atoms with van der Waals surface area (Å²) in [5, 5.41) is 11.5. The molecule has 3 rings (SSSR count). The van der Waals surface area contributed by atoms with Crippen molar-refractivity contribution >= 4 is 29.9 Å². The van der Waals surface area contributed by atoms with Gasteiger partial charge in [-0.2, -0.15) is 5.10 Å². The second kappa shape index (κ2) is 8.51. The Bertz CT molecular complexity index is 665. The normalized spacial score (nSPS) is 18.5. The van der Waals surface area contributed by atoms with Crippen molar-refractivity contribution in [2.75, 3.05) is 13.1 Å². The molecule has 24 heavy (non-hydrogen) atoms. The number of amides is 1. The topological polar surface area (TPSA) is 59.0 Å². The lowest BCUT2D eigenvalue weighted by molar-refractivity contribution is 0.0933. The van der Waals surface area contributed by atoms with Crippen LogP contribution < -0.4 is 10.6 Å². The quantitative estimate of drug-likeness (QED) is 0.869. The minimum Gasteiger partial charge on any atom is -0.344 e. The van der Waals surface area contributed by atoms with Gasteiger partial charge in [0, 0.05) is 17.8 Å². The Labute approximate surface area is 153 Å². The van der Waals surface area contributed by atoms with Gasteiger partial charge >= 0.3 is 0 Å². The summed E-state index contributed by atoms with van der Waals surface area (Å²) in [6, 6.07) is 9.49. The van der Waals surface area contributed by atoms with Crippen molar-refractivity contribution < 1.29 is 4.79 Å². The van der Waals surface area contributed by atoms with Crippen LogP contribution in [0.4, 0.5) is 0 Å². The highest BCUT2D eigenvalue weighted by Crippen LogP contribution is 2.18. The Morgan fingerprint density at radius 3 is 2.79 bits per heavy atom. The second-order valence-corrected chi connectivity index (χ2v) is 6.36. The van der Waals surface area contributed by atoms with Crippen molar-refractivity contribution in [3.05, 3.63) is 52.8 Å². The van der Waals surface area contributed by atoms with E-state index < -0.39 is 0 Å². The zero-order valence-electron chi connectivity index (χ0n) is 13.5. The summed E-state index contributed by atoms with van der Waals surface area (Å²) in [5.41, 5.74) is 1.47. The first kappa shape index (κ1) is 18.8. The molecule has 0 spiro atoms. The summed E-state index contributed by atoms with van der Waals surface area (Å²) >= 11 is 5.89. The Morgan fingerprint density at radius 1 is 1.38 bits per heavy atom. The lowest BCUT2D eigenvalue weighted by atomic mass is 10.1. The van der Waals surface area contributed by atoms with Crippen LogP contribution in [0.2, 0.25) is 5.02 Å². The van der Waals surface area contributed by atoms with Crippen LogP contribution >= 0.6 is 24.0 Å². The van der Waals surface area contributed by atoms with Crippen LogP contribution in [0.1, 0.15) is 47.9 Å². The van der Waals surface area contributed by atoms with Crippen LogP contribution in [-0.4, -0.2) is 28.8 Å². The SMILES string of the molecule is CC(NC(=O)c1ccn(C2CCCNC2)n1)c1ccc(Cl)cc1.Cl. The predicted molar refractivity (Wildman–Crippen MR) is 97.9 cm³/mol. The monoisotopic (exact) mass is 368 g/mol. The fourth-order valence-corrected chi connectivity index (χ4v) is 2.95. The Balaban J connectivity index is 0.00000208. The predicted octanol–water partition coefficient (Wildman–Crippen LogP) is 3.37. The second-order valence-electron chi connectivity index (χ2n) is 5.93. The van der Waals surface area contributed by atoms with Gasteiger partial charge in [-0.25, -0.2) is 0 Å². The molecule has 2 N–H and O–H groups in total. The summed E-state index contributed by atoms with van der Waals surface area (Å²) in [6.45, 7) is 3.91. The molecule has 0 radical (unpaired) electrons. The van der Waals surface area contributed by atoms with E-state index in [2.05, 4.69) is 15.7 Å². The third-order valence-electron chi connectivity index (χ3n) is 4.20. The van der Waals surface area contributed by atoms with Gasteiger partial charge in [0.25, 0.3) is 5.91 Å². The maximum Gasteiger partial charge on any atom is 0.272 e. The molecule has 2 atom stereocenters. The number of carbonyl (C=O) groups excluding carboxylic acids is 1. The largest absolute Gasteiger partial charge is 0.344 e. The highest BCUT2D eigenvalue weighted by atomic mass is 35.5. The van der Waals surface area contributed by atoms with Gasteiger partial charge in [-0.1, -0.05) is 23.7 Å². The van der Waals surface area contributed by atoms with Crippen molar-refractivity contribution in [1.29, 1.82) is 0 Å². The average Bonchev–Trinajstić information content (AvgIpc) is 3.06. The zero-order valence-corrected chi connectivity index (χ0v) is 15.1. The van der Waals surface area contributed by atoms with Crippen molar-refractivity contribution in [3.63, 3.8) is 0 Å². The van der Waals surface area contributed by atoms with E-state index in [0.717, 1.165) is 31.5 Å². The molecule has 130 valence electrons. The van der Waals surface area contributed by atoms with E-state index in [1.807, 2.05) is 42.1 Å². The molecule has 2 unspecified atom stereocenters. The van der Waals surface area contributed by atoms with Gasteiger partial charge in [0.15, 0.2) is 0 Å². The molecule has 2 aromatic rings. The molecule has 1 aromatic carbocycles. The maximum atomic E-state index is 12.4. The molecule has 1 aliphatic heterocycles. The van der Waals surface area contributed by atoms with E-state index in [1.165, 1.54) is 0 Å². The van der Waals surface area contributed by atoms with Crippen LogP contribution in [0.3, 0.4) is 0 Å². The zero-order chi connectivity index (χ0) is 16.2. The molecule has 1 fully saturated rings. The first-order valence-corrected chi connectivity index (χ1v) is 8.33. The number of benzene rings is 1. The van der Waals surface area contributed by atoms with E-state index in [0.29, 0.717) is 16.8 Å². The van der Waals surface area contributed by atoms with Crippen LogP contribution in [0.15, 0.2) is 36.5 Å². The van der Waals surface area contributed by atoms with Gasteiger partial charge in [-0.05, 0) is 50.1 Å². The standard InChI is InChI=1S/C17H21ClN4O.ClH/c1-12(13-4-6-14(18)7-5-13)20-17(23)16-8-10-22(21-16)15-3-2-9-19-11-15;/h4-8,10,12,15,19H,2-3,9,11H2,1H3,(H,20,23);1H. The smallest absolute Gasteiger partial charge is 0.272 e. The van der Waals surface area contributed by atoms with Crippen molar-refractivity contribution in [1.82, 2.24) is 20.4 Å². The Hall–Kier alpha value is -1.56. The molecule has 1 aliphatic rings. The fraction of sp³-hybridized carbons (Fsp3) is 0.412. The summed E-state index contributed by atoms with van der Waals surface area (Å²) in [7, 11) is 0. The number of halogens is 2. The van der Waals surface area contributed by atoms with E-state index in [-0.39, 0.29) is 24.4 Å². The van der Waals surface area contributed by atoms with Crippen LogP contribution in [0, 0.1) is 0 Å². The Morgan fingerprint density at radius 2 is 2.12 bits per heavy atom. The molecular weight excluding hydrogens is 347 g/mol. The van der Waals surface area contributed by atoms with Gasteiger partial charge in [0.05, 0.1) is 12.1 Å². The van der Waals surface area contributed by atoms with Gasteiger partial charge in [-0.15, -0.1) is 12.4 Å². The summed E-state index contributed by atoms with van der Waals surface area (Å²) in [5.74, 6) is -0.157. The van der Waals surface area contributed by atoms with Crippen molar-refractivity contribution in [3.8, 4) is 0 Å². The number of rotatable bonds is 4. The van der Waals surface area contributed by atoms with Crippen molar-refractivity contribution in [2.24, 2.45) is 0 Å². The molecule has 2 heterocycles. The van der Waals surface area contributed by atoms with Gasteiger partial charge in [0.1, 0.15) is 5.69 Å². The van der Waals surface area contributed by atoms with E-state index >= 15 is 0 Å². The fourth-order valence-electron chi connectivity index (χ4n) is 2.83. The van der Waals surface area contributed by atoms with E-state index in [9.17, 15) is 4.79 Å². The molecule has 1 saturated heterocycles. The van der Waals surface area contributed by atoms with Gasteiger partial charge in [-0.3, -0.25) is 9.48 Å². The number of hydrogen-bond acceptors (Lipinski definition) is 3. The first-order chi connectivity index (χ1) is 11.1. The van der Waals surface area contributed by atoms with Crippen molar-refractivity contribution in [2.45, 2.75) is 31.8 Å². The van der Waals surface area contributed by atoms with E-state index in [4.69, 9.17) is 11.6 Å². The molecule has 5 nitrogen and oxygen atoms in total. The minimum atomic E-state index is -0.157. The van der Waals surface area contributed by atoms with Crippen LogP contribution in [-0.2, 0) is 0 Å². The number of nitrogens with one attached hydrogen (secondary N) is 2. The number of nitrogens with zero attached hydrogens (tertiary/aromatic N) is 2. The number of aromatic nitrogens is 2. The minimum absolute atomic E-state index is 0. The Kier molecular flexibility index (Phi) is 6.66. The number of piperidine rings is 1. The maximum absolute atomic E-state index is 12.4. The molecule has 0 saturated carbocycles. The van der Waals surface area contributed by atoms with E-state index in [1.54, 1.807) is 6.07 Å². The number of hydrogen-bond donors (Lipinski definition) is 2. The lowest BCUT2D eigenvalue weighted by Crippen LogP contribution is -2.32. The third kappa shape index (κ3) is 4.50. The highest BCUT2D eigenvalue weighted by molar-refractivity contribution is 6.30. The molecule has 1 aromatic heterocycles. The summed E-state index contributed by atoms with van der Waals surface area (Å²) in [4.78, 5) is 12.4. The highest BCUT2D eigenvalue weighted by Gasteiger charge is 2.18. The summed E-state index contributed by atoms with van der Waals surface area (Å²) < 4.78 is 1.90. The molecule has 1 amide bonds. The average molecular weight is 369 g/mol. The third-order valence-corrected chi connectivity index (χ3v) is 4.46.